The lowest BCUT2D eigenvalue weighted by atomic mass is 9.96. The second-order valence-corrected chi connectivity index (χ2v) is 3.61. The Hall–Kier alpha value is -2.37. The molecule has 6 nitrogen and oxygen atoms in total. The molecule has 2 N–H and O–H groups in total. The molecular weight excluding hydrogens is 228 g/mol. The Morgan fingerprint density at radius 1 is 1.29 bits per heavy atom. The minimum Gasteiger partial charge on any atom is -0.478 e. The minimum atomic E-state index is -1.25. The number of carbonyl (C=O) groups is 3. The Kier molecular flexibility index (Phi) is 2.55. The third-order valence-corrected chi connectivity index (χ3v) is 2.50. The molecule has 6 heteroatoms. The summed E-state index contributed by atoms with van der Waals surface area (Å²) in [5, 5.41) is 17.6. The molecule has 1 heterocycles. The maximum atomic E-state index is 11.4. The number of esters is 1. The van der Waals surface area contributed by atoms with E-state index < -0.39 is 24.0 Å². The summed E-state index contributed by atoms with van der Waals surface area (Å²) in [5.41, 5.74) is 0.614. The van der Waals surface area contributed by atoms with Gasteiger partial charge in [-0.05, 0) is 23.8 Å². The normalized spacial score (nSPS) is 18.1. The van der Waals surface area contributed by atoms with E-state index in [0.717, 1.165) is 0 Å². The second kappa shape index (κ2) is 3.89. The van der Waals surface area contributed by atoms with Crippen molar-refractivity contribution >= 4 is 17.9 Å². The average Bonchev–Trinajstić information content (AvgIpc) is 2.27. The van der Waals surface area contributed by atoms with E-state index in [1.807, 2.05) is 0 Å². The summed E-state index contributed by atoms with van der Waals surface area (Å²) in [5.74, 6) is -3.11. The average molecular weight is 236 g/mol. The largest absolute Gasteiger partial charge is 0.478 e. The molecule has 0 bridgehead atoms. The fourth-order valence-electron chi connectivity index (χ4n) is 1.67. The molecule has 1 aromatic carbocycles. The molecule has 1 aliphatic heterocycles. The summed E-state index contributed by atoms with van der Waals surface area (Å²) in [7, 11) is 0. The lowest BCUT2D eigenvalue weighted by molar-refractivity contribution is -0.147. The first kappa shape index (κ1) is 11.1. The van der Waals surface area contributed by atoms with E-state index >= 15 is 0 Å². The van der Waals surface area contributed by atoms with Crippen LogP contribution in [0.1, 0.15) is 26.3 Å². The maximum absolute atomic E-state index is 11.4. The molecule has 0 amide bonds. The van der Waals surface area contributed by atoms with Crippen molar-refractivity contribution in [1.82, 2.24) is 0 Å². The smallest absolute Gasteiger partial charge is 0.345 e. The second-order valence-electron chi connectivity index (χ2n) is 3.61. The molecular formula is C11H8O6. The molecule has 0 aromatic heterocycles. The predicted molar refractivity (Wildman–Crippen MR) is 53.9 cm³/mol. The van der Waals surface area contributed by atoms with Gasteiger partial charge in [0.1, 0.15) is 0 Å². The Balaban J connectivity index is 2.43. The number of aliphatic carboxylic acids is 1. The summed E-state index contributed by atoms with van der Waals surface area (Å²) in [6.07, 6.45) is -1.27. The summed E-state index contributed by atoms with van der Waals surface area (Å²) < 4.78 is 4.69. The highest BCUT2D eigenvalue weighted by molar-refractivity contribution is 5.96. The van der Waals surface area contributed by atoms with E-state index in [-0.39, 0.29) is 17.5 Å². The van der Waals surface area contributed by atoms with Gasteiger partial charge in [0, 0.05) is 6.42 Å². The van der Waals surface area contributed by atoms with E-state index in [2.05, 4.69) is 4.74 Å². The summed E-state index contributed by atoms with van der Waals surface area (Å²) in [6, 6.07) is 3.91. The van der Waals surface area contributed by atoms with Crippen LogP contribution < -0.4 is 0 Å². The number of hydrogen-bond donors (Lipinski definition) is 2. The number of ether oxygens (including phenoxy) is 1. The van der Waals surface area contributed by atoms with Gasteiger partial charge in [-0.15, -0.1) is 0 Å². The maximum Gasteiger partial charge on any atom is 0.345 e. The lowest BCUT2D eigenvalue weighted by Crippen LogP contribution is -2.34. The van der Waals surface area contributed by atoms with Crippen molar-refractivity contribution in [1.29, 1.82) is 0 Å². The van der Waals surface area contributed by atoms with Crippen molar-refractivity contribution < 1.29 is 29.3 Å². The van der Waals surface area contributed by atoms with Crippen LogP contribution in [0.3, 0.4) is 0 Å². The van der Waals surface area contributed by atoms with Gasteiger partial charge >= 0.3 is 17.9 Å². The number of carboxylic acid groups (broad SMARTS) is 2. The zero-order valence-corrected chi connectivity index (χ0v) is 8.54. The fourth-order valence-corrected chi connectivity index (χ4v) is 1.67. The summed E-state index contributed by atoms with van der Waals surface area (Å²) >= 11 is 0. The lowest BCUT2D eigenvalue weighted by Gasteiger charge is -2.21. The summed E-state index contributed by atoms with van der Waals surface area (Å²) in [6.45, 7) is 0. The van der Waals surface area contributed by atoms with Gasteiger partial charge < -0.3 is 14.9 Å². The molecule has 0 saturated heterocycles. The first-order chi connectivity index (χ1) is 7.99. The molecule has 0 aliphatic carbocycles. The number of aromatic carboxylic acids is 1. The van der Waals surface area contributed by atoms with Crippen molar-refractivity contribution in [2.24, 2.45) is 0 Å². The molecule has 0 fully saturated rings. The highest BCUT2D eigenvalue weighted by Gasteiger charge is 2.31. The van der Waals surface area contributed by atoms with Crippen LogP contribution in [0.25, 0.3) is 0 Å². The van der Waals surface area contributed by atoms with Crippen molar-refractivity contribution in [3.05, 3.63) is 34.9 Å². The molecule has 88 valence electrons. The minimum absolute atomic E-state index is 0.0163. The van der Waals surface area contributed by atoms with Crippen molar-refractivity contribution in [2.75, 3.05) is 0 Å². The Morgan fingerprint density at radius 3 is 2.59 bits per heavy atom. The first-order valence-corrected chi connectivity index (χ1v) is 4.79. The zero-order chi connectivity index (χ0) is 12.6. The van der Waals surface area contributed by atoms with Gasteiger partial charge in [-0.25, -0.2) is 14.4 Å². The number of hydrogen-bond acceptors (Lipinski definition) is 4. The van der Waals surface area contributed by atoms with E-state index in [9.17, 15) is 14.4 Å². The zero-order valence-electron chi connectivity index (χ0n) is 8.54. The van der Waals surface area contributed by atoms with Crippen LogP contribution in [-0.4, -0.2) is 34.2 Å². The van der Waals surface area contributed by atoms with Crippen LogP contribution in [0.4, 0.5) is 0 Å². The number of rotatable bonds is 2. The molecule has 1 atom stereocenters. The van der Waals surface area contributed by atoms with Crippen LogP contribution in [0.15, 0.2) is 18.2 Å². The number of benzene rings is 1. The van der Waals surface area contributed by atoms with Crippen LogP contribution >= 0.6 is 0 Å². The number of cyclic esters (lactones) is 1. The molecule has 0 spiro atoms. The van der Waals surface area contributed by atoms with E-state index in [1.165, 1.54) is 18.2 Å². The quantitative estimate of drug-likeness (QED) is 0.727. The number of carboxylic acids is 2. The van der Waals surface area contributed by atoms with Gasteiger partial charge in [0.05, 0.1) is 11.1 Å². The van der Waals surface area contributed by atoms with Gasteiger partial charge in [-0.2, -0.15) is 0 Å². The number of carbonyl (C=O) groups excluding carboxylic acids is 1. The molecule has 2 rings (SSSR count). The monoisotopic (exact) mass is 236 g/mol. The SMILES string of the molecule is O=C(O)c1ccc2c(c1)CC(C(=O)O)OC2=O. The topological polar surface area (TPSA) is 101 Å². The molecule has 1 aliphatic rings. The van der Waals surface area contributed by atoms with E-state index in [1.54, 1.807) is 0 Å². The van der Waals surface area contributed by atoms with Crippen molar-refractivity contribution in [3.8, 4) is 0 Å². The Morgan fingerprint density at radius 2 is 2.00 bits per heavy atom. The van der Waals surface area contributed by atoms with Crippen LogP contribution in [-0.2, 0) is 16.0 Å². The number of fused-ring (bicyclic) bond motifs is 1. The molecule has 1 unspecified atom stereocenters. The van der Waals surface area contributed by atoms with Crippen LogP contribution in [0.2, 0.25) is 0 Å². The Labute approximate surface area is 95.4 Å². The molecule has 0 saturated carbocycles. The third-order valence-electron chi connectivity index (χ3n) is 2.50. The van der Waals surface area contributed by atoms with Crippen LogP contribution in [0, 0.1) is 0 Å². The van der Waals surface area contributed by atoms with Gasteiger partial charge in [-0.1, -0.05) is 0 Å². The molecule has 1 aromatic rings. The third kappa shape index (κ3) is 1.96. The fraction of sp³-hybridized carbons (Fsp3) is 0.182. The van der Waals surface area contributed by atoms with Gasteiger partial charge in [0.15, 0.2) is 0 Å². The molecule has 0 radical (unpaired) electrons. The highest BCUT2D eigenvalue weighted by atomic mass is 16.6. The van der Waals surface area contributed by atoms with E-state index in [0.29, 0.717) is 5.56 Å². The standard InChI is InChI=1S/C11H8O6/c12-9(13)5-1-2-7-6(3-5)4-8(10(14)15)17-11(7)16/h1-3,8H,4H2,(H,12,13)(H,14,15). The van der Waals surface area contributed by atoms with Crippen molar-refractivity contribution in [3.63, 3.8) is 0 Å². The summed E-state index contributed by atoms with van der Waals surface area (Å²) in [4.78, 5) is 32.9. The van der Waals surface area contributed by atoms with Crippen LogP contribution in [0.5, 0.6) is 0 Å². The van der Waals surface area contributed by atoms with Gasteiger partial charge in [0.2, 0.25) is 6.10 Å². The Bertz CT molecular complexity index is 519. The highest BCUT2D eigenvalue weighted by Crippen LogP contribution is 2.22. The van der Waals surface area contributed by atoms with Crippen molar-refractivity contribution in [2.45, 2.75) is 12.5 Å². The molecule has 17 heavy (non-hydrogen) atoms. The first-order valence-electron chi connectivity index (χ1n) is 4.79. The van der Waals surface area contributed by atoms with Gasteiger partial charge in [0.25, 0.3) is 0 Å². The predicted octanol–water partition coefficient (Wildman–Crippen LogP) is 0.551. The van der Waals surface area contributed by atoms with E-state index in [4.69, 9.17) is 10.2 Å². The van der Waals surface area contributed by atoms with Gasteiger partial charge in [-0.3, -0.25) is 0 Å².